The molecule has 3 heteroatoms. The van der Waals surface area contributed by atoms with Crippen molar-refractivity contribution in [2.24, 2.45) is 17.3 Å². The summed E-state index contributed by atoms with van der Waals surface area (Å²) in [5.41, 5.74) is 0.455. The highest BCUT2D eigenvalue weighted by Gasteiger charge is 2.36. The van der Waals surface area contributed by atoms with Gasteiger partial charge in [0, 0.05) is 39.4 Å². The van der Waals surface area contributed by atoms with E-state index < -0.39 is 0 Å². The summed E-state index contributed by atoms with van der Waals surface area (Å²) in [7, 11) is 2.08. The average molecular weight is 240 g/mol. The molecule has 2 atom stereocenters. The summed E-state index contributed by atoms with van der Waals surface area (Å²) >= 11 is 0. The second-order valence-electron chi connectivity index (χ2n) is 6.29. The number of nitrogens with zero attached hydrogens (tertiary/aromatic N) is 1. The van der Waals surface area contributed by atoms with Crippen molar-refractivity contribution in [1.82, 2.24) is 10.2 Å². The summed E-state index contributed by atoms with van der Waals surface area (Å²) in [6, 6.07) is 0. The normalized spacial score (nSPS) is 34.1. The van der Waals surface area contributed by atoms with E-state index in [0.717, 1.165) is 31.6 Å². The molecule has 0 aromatic rings. The Morgan fingerprint density at radius 2 is 1.76 bits per heavy atom. The predicted octanol–water partition coefficient (Wildman–Crippen LogP) is 1.59. The van der Waals surface area contributed by atoms with Crippen molar-refractivity contribution in [1.29, 1.82) is 0 Å². The highest BCUT2D eigenvalue weighted by atomic mass is 16.5. The summed E-state index contributed by atoms with van der Waals surface area (Å²) < 4.78 is 5.53. The fourth-order valence-corrected chi connectivity index (χ4v) is 3.42. The lowest BCUT2D eigenvalue weighted by atomic mass is 9.79. The maximum atomic E-state index is 5.53. The third-order valence-electron chi connectivity index (χ3n) is 4.73. The van der Waals surface area contributed by atoms with E-state index in [4.69, 9.17) is 4.74 Å². The molecule has 0 saturated carbocycles. The summed E-state index contributed by atoms with van der Waals surface area (Å²) in [6.07, 6.45) is 2.43. The third-order valence-corrected chi connectivity index (χ3v) is 4.73. The molecule has 17 heavy (non-hydrogen) atoms. The van der Waals surface area contributed by atoms with E-state index in [9.17, 15) is 0 Å². The first kappa shape index (κ1) is 13.3. The summed E-state index contributed by atoms with van der Waals surface area (Å²) in [5.74, 6) is 1.72. The Morgan fingerprint density at radius 1 is 1.18 bits per heavy atom. The van der Waals surface area contributed by atoms with Crippen LogP contribution in [0.3, 0.4) is 0 Å². The van der Waals surface area contributed by atoms with Crippen LogP contribution in [-0.2, 0) is 4.74 Å². The third kappa shape index (κ3) is 3.21. The molecule has 0 radical (unpaired) electrons. The molecule has 0 bridgehead atoms. The molecule has 0 aromatic heterocycles. The van der Waals surface area contributed by atoms with Crippen LogP contribution in [0.15, 0.2) is 0 Å². The van der Waals surface area contributed by atoms with Crippen molar-refractivity contribution >= 4 is 0 Å². The Balaban J connectivity index is 1.93. The van der Waals surface area contributed by atoms with E-state index in [1.54, 1.807) is 0 Å². The number of hydrogen-bond donors (Lipinski definition) is 1. The SMILES string of the molecule is CNCC1(CN2CC(C)C(C)C2)CCOCC1. The maximum Gasteiger partial charge on any atom is 0.0472 e. The molecular weight excluding hydrogens is 212 g/mol. The molecule has 0 spiro atoms. The second-order valence-corrected chi connectivity index (χ2v) is 6.29. The molecule has 0 amide bonds. The number of ether oxygens (including phenoxy) is 1. The minimum atomic E-state index is 0.455. The monoisotopic (exact) mass is 240 g/mol. The van der Waals surface area contributed by atoms with Crippen LogP contribution >= 0.6 is 0 Å². The van der Waals surface area contributed by atoms with Crippen molar-refractivity contribution in [3.05, 3.63) is 0 Å². The summed E-state index contributed by atoms with van der Waals surface area (Å²) in [6.45, 7) is 11.6. The van der Waals surface area contributed by atoms with Crippen molar-refractivity contribution in [3.63, 3.8) is 0 Å². The van der Waals surface area contributed by atoms with Gasteiger partial charge in [-0.05, 0) is 37.1 Å². The number of hydrogen-bond acceptors (Lipinski definition) is 3. The van der Waals surface area contributed by atoms with Crippen molar-refractivity contribution in [2.75, 3.05) is 46.4 Å². The summed E-state index contributed by atoms with van der Waals surface area (Å²) in [4.78, 5) is 2.68. The first-order valence-corrected chi connectivity index (χ1v) is 7.10. The second kappa shape index (κ2) is 5.68. The van der Waals surface area contributed by atoms with Gasteiger partial charge in [-0.25, -0.2) is 0 Å². The largest absolute Gasteiger partial charge is 0.381 e. The van der Waals surface area contributed by atoms with Gasteiger partial charge in [0.25, 0.3) is 0 Å². The van der Waals surface area contributed by atoms with Gasteiger partial charge in [0.15, 0.2) is 0 Å². The van der Waals surface area contributed by atoms with Gasteiger partial charge in [0.05, 0.1) is 0 Å². The minimum Gasteiger partial charge on any atom is -0.381 e. The smallest absolute Gasteiger partial charge is 0.0472 e. The first-order valence-electron chi connectivity index (χ1n) is 7.10. The molecule has 1 N–H and O–H groups in total. The summed E-state index contributed by atoms with van der Waals surface area (Å²) in [5, 5.41) is 3.39. The molecule has 2 aliphatic rings. The van der Waals surface area contributed by atoms with Gasteiger partial charge in [-0.2, -0.15) is 0 Å². The molecule has 2 heterocycles. The Labute approximate surface area is 106 Å². The highest BCUT2D eigenvalue weighted by Crippen LogP contribution is 2.33. The predicted molar refractivity (Wildman–Crippen MR) is 71.2 cm³/mol. The van der Waals surface area contributed by atoms with Gasteiger partial charge in [-0.15, -0.1) is 0 Å². The number of likely N-dealkylation sites (tertiary alicyclic amines) is 1. The van der Waals surface area contributed by atoms with Gasteiger partial charge in [0.1, 0.15) is 0 Å². The zero-order valence-electron chi connectivity index (χ0n) is 11.7. The number of rotatable bonds is 4. The van der Waals surface area contributed by atoms with Gasteiger partial charge in [-0.3, -0.25) is 0 Å². The van der Waals surface area contributed by atoms with Gasteiger partial charge < -0.3 is 15.0 Å². The van der Waals surface area contributed by atoms with Crippen LogP contribution in [0.1, 0.15) is 26.7 Å². The Morgan fingerprint density at radius 3 is 2.29 bits per heavy atom. The lowest BCUT2D eigenvalue weighted by Crippen LogP contribution is -2.46. The molecule has 2 aliphatic heterocycles. The van der Waals surface area contributed by atoms with E-state index in [1.807, 2.05) is 0 Å². The lowest BCUT2D eigenvalue weighted by molar-refractivity contribution is -0.000738. The molecule has 2 fully saturated rings. The molecule has 2 unspecified atom stereocenters. The van der Waals surface area contributed by atoms with Crippen LogP contribution in [0.25, 0.3) is 0 Å². The van der Waals surface area contributed by atoms with E-state index in [-0.39, 0.29) is 0 Å². The number of nitrogens with one attached hydrogen (secondary N) is 1. The van der Waals surface area contributed by atoms with Gasteiger partial charge in [-0.1, -0.05) is 13.8 Å². The fraction of sp³-hybridized carbons (Fsp3) is 1.00. The Hall–Kier alpha value is -0.120. The topological polar surface area (TPSA) is 24.5 Å². The van der Waals surface area contributed by atoms with E-state index >= 15 is 0 Å². The molecule has 3 nitrogen and oxygen atoms in total. The van der Waals surface area contributed by atoms with Crippen LogP contribution < -0.4 is 5.32 Å². The van der Waals surface area contributed by atoms with E-state index in [1.165, 1.54) is 32.5 Å². The molecule has 0 aromatic carbocycles. The standard InChI is InChI=1S/C14H28N2O/c1-12-8-16(9-13(12)2)11-14(10-15-3)4-6-17-7-5-14/h12-13,15H,4-11H2,1-3H3. The van der Waals surface area contributed by atoms with Crippen molar-refractivity contribution in [2.45, 2.75) is 26.7 Å². The average Bonchev–Trinajstić information content (AvgIpc) is 2.59. The van der Waals surface area contributed by atoms with Crippen LogP contribution in [0.5, 0.6) is 0 Å². The molecule has 100 valence electrons. The van der Waals surface area contributed by atoms with Crippen LogP contribution in [0, 0.1) is 17.3 Å². The van der Waals surface area contributed by atoms with Crippen molar-refractivity contribution < 1.29 is 4.74 Å². The fourth-order valence-electron chi connectivity index (χ4n) is 3.42. The van der Waals surface area contributed by atoms with Crippen LogP contribution in [0.4, 0.5) is 0 Å². The molecule has 2 rings (SSSR count). The lowest BCUT2D eigenvalue weighted by Gasteiger charge is -2.40. The van der Waals surface area contributed by atoms with Gasteiger partial charge >= 0.3 is 0 Å². The van der Waals surface area contributed by atoms with Gasteiger partial charge in [0.2, 0.25) is 0 Å². The first-order chi connectivity index (χ1) is 8.15. The quantitative estimate of drug-likeness (QED) is 0.807. The van der Waals surface area contributed by atoms with Crippen LogP contribution in [-0.4, -0.2) is 51.3 Å². The molecule has 0 aliphatic carbocycles. The molecular formula is C14H28N2O. The van der Waals surface area contributed by atoms with E-state index in [0.29, 0.717) is 5.41 Å². The Bertz CT molecular complexity index is 223. The minimum absolute atomic E-state index is 0.455. The van der Waals surface area contributed by atoms with Crippen molar-refractivity contribution in [3.8, 4) is 0 Å². The molecule has 2 saturated heterocycles. The van der Waals surface area contributed by atoms with Crippen LogP contribution in [0.2, 0.25) is 0 Å². The highest BCUT2D eigenvalue weighted by molar-refractivity contribution is 4.90. The zero-order chi connectivity index (χ0) is 12.3. The van der Waals surface area contributed by atoms with E-state index in [2.05, 4.69) is 31.1 Å². The zero-order valence-corrected chi connectivity index (χ0v) is 11.7. The maximum absolute atomic E-state index is 5.53. The Kier molecular flexibility index (Phi) is 4.45.